The van der Waals surface area contributed by atoms with Crippen LogP contribution >= 0.6 is 0 Å². The molecular formula is C22H28N2O2. The minimum atomic E-state index is -0.579. The summed E-state index contributed by atoms with van der Waals surface area (Å²) < 4.78 is 5.78. The molecule has 4 nitrogen and oxygen atoms in total. The van der Waals surface area contributed by atoms with E-state index in [9.17, 15) is 5.11 Å². The predicted octanol–water partition coefficient (Wildman–Crippen LogP) is 3.87. The van der Waals surface area contributed by atoms with Crippen molar-refractivity contribution in [2.24, 2.45) is 0 Å². The molecule has 138 valence electrons. The number of anilines is 2. The second-order valence-electron chi connectivity index (χ2n) is 6.69. The molecule has 1 aliphatic rings. The Kier molecular flexibility index (Phi) is 6.56. The highest BCUT2D eigenvalue weighted by atomic mass is 16.5. The minimum Gasteiger partial charge on any atom is -0.491 e. The molecular weight excluding hydrogens is 324 g/mol. The lowest BCUT2D eigenvalue weighted by Gasteiger charge is -2.19. The van der Waals surface area contributed by atoms with Gasteiger partial charge < -0.3 is 20.1 Å². The number of nitrogens with zero attached hydrogens (tertiary/aromatic N) is 1. The molecule has 1 fully saturated rings. The lowest BCUT2D eigenvalue weighted by Crippen LogP contribution is -2.26. The number of hydrogen-bond donors (Lipinski definition) is 2. The number of allylic oxidation sites excluding steroid dienone is 1. The minimum absolute atomic E-state index is 0.257. The van der Waals surface area contributed by atoms with Gasteiger partial charge in [0.1, 0.15) is 18.5 Å². The molecule has 3 rings (SSSR count). The Bertz CT molecular complexity index is 694. The van der Waals surface area contributed by atoms with Crippen molar-refractivity contribution in [3.63, 3.8) is 0 Å². The largest absolute Gasteiger partial charge is 0.491 e. The van der Waals surface area contributed by atoms with Gasteiger partial charge in [0.15, 0.2) is 0 Å². The first-order valence-electron chi connectivity index (χ1n) is 9.35. The first-order valence-corrected chi connectivity index (χ1v) is 9.35. The molecule has 0 spiro atoms. The van der Waals surface area contributed by atoms with E-state index in [0.29, 0.717) is 6.54 Å². The number of benzene rings is 2. The molecule has 0 radical (unpaired) electrons. The van der Waals surface area contributed by atoms with Gasteiger partial charge in [-0.2, -0.15) is 0 Å². The van der Waals surface area contributed by atoms with E-state index in [2.05, 4.69) is 41.1 Å². The Morgan fingerprint density at radius 3 is 2.58 bits per heavy atom. The second kappa shape index (κ2) is 9.30. The summed E-state index contributed by atoms with van der Waals surface area (Å²) >= 11 is 0. The highest BCUT2D eigenvalue weighted by Crippen LogP contribution is 2.22. The van der Waals surface area contributed by atoms with Gasteiger partial charge >= 0.3 is 0 Å². The first kappa shape index (κ1) is 18.3. The Hall–Kier alpha value is -2.46. The van der Waals surface area contributed by atoms with E-state index in [1.807, 2.05) is 30.3 Å². The molecule has 2 N–H and O–H groups in total. The molecule has 0 saturated carbocycles. The number of aliphatic hydroxyl groups is 1. The Labute approximate surface area is 156 Å². The van der Waals surface area contributed by atoms with Crippen molar-refractivity contribution < 1.29 is 9.84 Å². The van der Waals surface area contributed by atoms with Crippen LogP contribution in [0.1, 0.15) is 18.4 Å². The third-order valence-corrected chi connectivity index (χ3v) is 4.65. The van der Waals surface area contributed by atoms with Crippen LogP contribution in [0.5, 0.6) is 5.75 Å². The Balaban J connectivity index is 1.45. The molecule has 2 aromatic carbocycles. The van der Waals surface area contributed by atoms with Gasteiger partial charge in [0, 0.05) is 31.0 Å². The van der Waals surface area contributed by atoms with Crippen LogP contribution in [0.15, 0.2) is 61.2 Å². The van der Waals surface area contributed by atoms with Crippen molar-refractivity contribution in [3.05, 3.63) is 66.7 Å². The van der Waals surface area contributed by atoms with Crippen LogP contribution in [0.2, 0.25) is 0 Å². The molecule has 0 aromatic heterocycles. The molecule has 4 heteroatoms. The van der Waals surface area contributed by atoms with E-state index in [-0.39, 0.29) is 6.61 Å². The van der Waals surface area contributed by atoms with E-state index in [1.54, 1.807) is 0 Å². The van der Waals surface area contributed by atoms with Crippen molar-refractivity contribution in [1.82, 2.24) is 0 Å². The van der Waals surface area contributed by atoms with Gasteiger partial charge in [0.05, 0.1) is 0 Å². The average Bonchev–Trinajstić information content (AvgIpc) is 3.21. The number of ether oxygens (including phenoxy) is 1. The fraction of sp³-hybridized carbons (Fsp3) is 0.364. The Morgan fingerprint density at radius 1 is 1.12 bits per heavy atom. The molecule has 1 saturated heterocycles. The number of rotatable bonds is 9. The molecule has 1 atom stereocenters. The van der Waals surface area contributed by atoms with Crippen molar-refractivity contribution in [2.45, 2.75) is 25.4 Å². The summed E-state index contributed by atoms with van der Waals surface area (Å²) in [5, 5.41) is 13.5. The van der Waals surface area contributed by atoms with Gasteiger partial charge in [-0.1, -0.05) is 24.3 Å². The summed E-state index contributed by atoms with van der Waals surface area (Å²) in [5.41, 5.74) is 3.37. The topological polar surface area (TPSA) is 44.7 Å². The van der Waals surface area contributed by atoms with Crippen LogP contribution in [0.3, 0.4) is 0 Å². The SMILES string of the molecule is C=CCc1ccccc1OCC(O)CNc1ccc(N2CCCC2)cc1. The van der Waals surface area contributed by atoms with E-state index in [4.69, 9.17) is 4.74 Å². The van der Waals surface area contributed by atoms with Crippen LogP contribution in [0.25, 0.3) is 0 Å². The molecule has 1 aliphatic heterocycles. The highest BCUT2D eigenvalue weighted by molar-refractivity contribution is 5.55. The van der Waals surface area contributed by atoms with Gasteiger partial charge in [-0.15, -0.1) is 6.58 Å². The molecule has 1 heterocycles. The quantitative estimate of drug-likeness (QED) is 0.673. The van der Waals surface area contributed by atoms with Gasteiger partial charge in [0.2, 0.25) is 0 Å². The summed E-state index contributed by atoms with van der Waals surface area (Å²) in [6.07, 6.45) is 4.59. The summed E-state index contributed by atoms with van der Waals surface area (Å²) in [5.74, 6) is 0.807. The number of nitrogens with one attached hydrogen (secondary N) is 1. The van der Waals surface area contributed by atoms with E-state index in [0.717, 1.165) is 36.5 Å². The second-order valence-corrected chi connectivity index (χ2v) is 6.69. The maximum atomic E-state index is 10.2. The van der Waals surface area contributed by atoms with Crippen LogP contribution in [0.4, 0.5) is 11.4 Å². The maximum Gasteiger partial charge on any atom is 0.122 e. The lowest BCUT2D eigenvalue weighted by atomic mass is 10.1. The molecule has 0 amide bonds. The Morgan fingerprint density at radius 2 is 1.85 bits per heavy atom. The van der Waals surface area contributed by atoms with Gasteiger partial charge in [-0.05, 0) is 55.2 Å². The number of hydrogen-bond acceptors (Lipinski definition) is 4. The van der Waals surface area contributed by atoms with Crippen molar-refractivity contribution in [2.75, 3.05) is 36.5 Å². The predicted molar refractivity (Wildman–Crippen MR) is 108 cm³/mol. The van der Waals surface area contributed by atoms with Gasteiger partial charge in [-0.3, -0.25) is 0 Å². The molecule has 2 aromatic rings. The third-order valence-electron chi connectivity index (χ3n) is 4.65. The van der Waals surface area contributed by atoms with Crippen LogP contribution in [0, 0.1) is 0 Å². The first-order chi connectivity index (χ1) is 12.8. The van der Waals surface area contributed by atoms with Crippen LogP contribution in [-0.4, -0.2) is 37.5 Å². The van der Waals surface area contributed by atoms with E-state index < -0.39 is 6.10 Å². The third kappa shape index (κ3) is 5.02. The highest BCUT2D eigenvalue weighted by Gasteiger charge is 2.12. The van der Waals surface area contributed by atoms with Gasteiger partial charge in [0.25, 0.3) is 0 Å². The van der Waals surface area contributed by atoms with Crippen molar-refractivity contribution in [3.8, 4) is 5.75 Å². The maximum absolute atomic E-state index is 10.2. The van der Waals surface area contributed by atoms with E-state index >= 15 is 0 Å². The summed E-state index contributed by atoms with van der Waals surface area (Å²) in [6.45, 7) is 6.77. The zero-order chi connectivity index (χ0) is 18.2. The molecule has 0 bridgehead atoms. The standard InChI is InChI=1S/C22H28N2O2/c1-2-7-18-8-3-4-9-22(18)26-17-21(25)16-23-19-10-12-20(13-11-19)24-14-5-6-15-24/h2-4,8-13,21,23,25H,1,5-7,14-17H2. The lowest BCUT2D eigenvalue weighted by molar-refractivity contribution is 0.117. The average molecular weight is 352 g/mol. The summed E-state index contributed by atoms with van der Waals surface area (Å²) in [4.78, 5) is 2.41. The number of para-hydroxylation sites is 1. The van der Waals surface area contributed by atoms with Crippen LogP contribution < -0.4 is 15.0 Å². The summed E-state index contributed by atoms with van der Waals surface area (Å²) in [7, 11) is 0. The van der Waals surface area contributed by atoms with Gasteiger partial charge in [-0.25, -0.2) is 0 Å². The van der Waals surface area contributed by atoms with E-state index in [1.165, 1.54) is 18.5 Å². The van der Waals surface area contributed by atoms with Crippen molar-refractivity contribution in [1.29, 1.82) is 0 Å². The smallest absolute Gasteiger partial charge is 0.122 e. The fourth-order valence-electron chi connectivity index (χ4n) is 3.21. The molecule has 26 heavy (non-hydrogen) atoms. The number of aliphatic hydroxyl groups excluding tert-OH is 1. The zero-order valence-corrected chi connectivity index (χ0v) is 15.2. The summed E-state index contributed by atoms with van der Waals surface area (Å²) in [6, 6.07) is 16.3. The monoisotopic (exact) mass is 352 g/mol. The molecule has 0 aliphatic carbocycles. The molecule has 1 unspecified atom stereocenters. The van der Waals surface area contributed by atoms with Crippen LogP contribution in [-0.2, 0) is 6.42 Å². The fourth-order valence-corrected chi connectivity index (χ4v) is 3.21. The normalized spacial score (nSPS) is 14.9. The zero-order valence-electron chi connectivity index (χ0n) is 15.2. The van der Waals surface area contributed by atoms with Crippen molar-refractivity contribution >= 4 is 11.4 Å².